The van der Waals surface area contributed by atoms with Gasteiger partial charge in [-0.2, -0.15) is 5.10 Å². The summed E-state index contributed by atoms with van der Waals surface area (Å²) < 4.78 is 15.6. The Morgan fingerprint density at radius 1 is 1.16 bits per heavy atom. The van der Waals surface area contributed by atoms with Gasteiger partial charge in [-0.25, -0.2) is 9.07 Å². The van der Waals surface area contributed by atoms with Gasteiger partial charge in [0, 0.05) is 24.1 Å². The van der Waals surface area contributed by atoms with Gasteiger partial charge in [0.2, 0.25) is 11.8 Å². The van der Waals surface area contributed by atoms with E-state index in [0.717, 1.165) is 22.4 Å². The van der Waals surface area contributed by atoms with Crippen LogP contribution >= 0.6 is 11.8 Å². The van der Waals surface area contributed by atoms with Crippen molar-refractivity contribution in [2.45, 2.75) is 38.4 Å². The molecule has 1 aliphatic heterocycles. The average Bonchev–Trinajstić information content (AvgIpc) is 3.18. The number of likely N-dealkylation sites (N-methyl/N-ethyl adjacent to an activating group) is 1. The van der Waals surface area contributed by atoms with Crippen LogP contribution in [0.15, 0.2) is 48.5 Å². The number of carbonyl (C=O) groups excluding carboxylic acids is 2. The first-order chi connectivity index (χ1) is 18.0. The fourth-order valence-corrected chi connectivity index (χ4v) is 5.87. The van der Waals surface area contributed by atoms with Crippen LogP contribution in [-0.2, 0) is 15.0 Å². The molecule has 2 amide bonds. The molecule has 1 aromatic heterocycles. The number of fused-ring (bicyclic) bond motifs is 1. The molecular formula is C29H36FN5O2S. The molecule has 1 aliphatic rings. The molecule has 0 radical (unpaired) electrons. The fourth-order valence-electron chi connectivity index (χ4n) is 4.58. The largest absolute Gasteiger partial charge is 0.353 e. The Kier molecular flexibility index (Phi) is 8.28. The lowest BCUT2D eigenvalue weighted by molar-refractivity contribution is -0.122. The van der Waals surface area contributed by atoms with Gasteiger partial charge in [0.25, 0.3) is 0 Å². The predicted molar refractivity (Wildman–Crippen MR) is 152 cm³/mol. The van der Waals surface area contributed by atoms with Crippen LogP contribution in [0.3, 0.4) is 0 Å². The van der Waals surface area contributed by atoms with Crippen molar-refractivity contribution in [3.63, 3.8) is 0 Å². The second kappa shape index (κ2) is 11.3. The smallest absolute Gasteiger partial charge is 0.240 e. The maximum absolute atomic E-state index is 13.9. The molecule has 0 saturated carbocycles. The van der Waals surface area contributed by atoms with Gasteiger partial charge >= 0.3 is 0 Å². The molecule has 2 aromatic carbocycles. The maximum Gasteiger partial charge on any atom is 0.240 e. The summed E-state index contributed by atoms with van der Waals surface area (Å²) in [7, 11) is 3.88. The molecule has 1 N–H and O–H groups in total. The molecule has 4 rings (SSSR count). The number of aromatic nitrogens is 2. The number of nitrogens with zero attached hydrogens (tertiary/aromatic N) is 4. The highest BCUT2D eigenvalue weighted by Gasteiger charge is 2.40. The molecule has 0 bridgehead atoms. The lowest BCUT2D eigenvalue weighted by atomic mass is 9.86. The van der Waals surface area contributed by atoms with Gasteiger partial charge in [0.1, 0.15) is 18.2 Å². The summed E-state index contributed by atoms with van der Waals surface area (Å²) >= 11 is 1.55. The van der Waals surface area contributed by atoms with Gasteiger partial charge in [-0.05, 0) is 56.4 Å². The number of anilines is 1. The highest BCUT2D eigenvalue weighted by atomic mass is 32.2. The van der Waals surface area contributed by atoms with Gasteiger partial charge in [-0.1, -0.05) is 45.0 Å². The molecule has 1 atom stereocenters. The van der Waals surface area contributed by atoms with E-state index >= 15 is 0 Å². The zero-order valence-corrected chi connectivity index (χ0v) is 23.7. The van der Waals surface area contributed by atoms with Crippen molar-refractivity contribution in [3.05, 3.63) is 76.7 Å². The first-order valence-corrected chi connectivity index (χ1v) is 13.8. The molecule has 2 heterocycles. The van der Waals surface area contributed by atoms with E-state index < -0.39 is 0 Å². The van der Waals surface area contributed by atoms with Crippen LogP contribution in [0.4, 0.5) is 10.2 Å². The van der Waals surface area contributed by atoms with E-state index in [0.29, 0.717) is 24.6 Å². The van der Waals surface area contributed by atoms with Gasteiger partial charge < -0.3 is 10.2 Å². The number of nitrogens with one attached hydrogen (secondary N) is 1. The summed E-state index contributed by atoms with van der Waals surface area (Å²) in [5, 5.41) is 7.80. The first-order valence-electron chi connectivity index (χ1n) is 12.8. The SMILES string of the molecule is Cc1ccccc1[C@H]1SCC(=O)N(CC(=O)NCCN(C)C)c2c1c(C(C)(C)C)nn2-c1ccc(F)cc1. The number of thioether (sulfide) groups is 1. The van der Waals surface area contributed by atoms with Crippen molar-refractivity contribution in [3.8, 4) is 5.69 Å². The minimum absolute atomic E-state index is 0.128. The van der Waals surface area contributed by atoms with E-state index in [9.17, 15) is 14.0 Å². The van der Waals surface area contributed by atoms with Crippen LogP contribution in [-0.4, -0.2) is 66.0 Å². The van der Waals surface area contributed by atoms with E-state index in [4.69, 9.17) is 5.10 Å². The zero-order chi connectivity index (χ0) is 27.6. The topological polar surface area (TPSA) is 70.5 Å². The van der Waals surface area contributed by atoms with E-state index in [-0.39, 0.29) is 40.6 Å². The van der Waals surface area contributed by atoms with Crippen LogP contribution in [0, 0.1) is 12.7 Å². The molecule has 38 heavy (non-hydrogen) atoms. The second-order valence-corrected chi connectivity index (χ2v) is 12.0. The standard InChI is InChI=1S/C29H36FN5O2S/c1-19-9-7-8-10-22(19)26-25-27(29(2,3)4)32-35(21-13-11-20(30)12-14-21)28(25)34(24(37)18-38-26)17-23(36)31-15-16-33(5)6/h7-14,26H,15-18H2,1-6H3,(H,31,36)/t26-/m1/s1. The number of amides is 2. The molecule has 0 unspecified atom stereocenters. The highest BCUT2D eigenvalue weighted by molar-refractivity contribution is 8.00. The van der Waals surface area contributed by atoms with Crippen molar-refractivity contribution >= 4 is 29.4 Å². The maximum atomic E-state index is 13.9. The Labute approximate surface area is 228 Å². The molecule has 9 heteroatoms. The summed E-state index contributed by atoms with van der Waals surface area (Å²) in [4.78, 5) is 30.3. The number of hydrogen-bond donors (Lipinski definition) is 1. The van der Waals surface area contributed by atoms with Crippen molar-refractivity contribution in [1.82, 2.24) is 20.0 Å². The number of carbonyl (C=O) groups is 2. The highest BCUT2D eigenvalue weighted by Crippen LogP contribution is 2.49. The predicted octanol–water partition coefficient (Wildman–Crippen LogP) is 4.46. The lowest BCUT2D eigenvalue weighted by Gasteiger charge is -2.25. The fraction of sp³-hybridized carbons (Fsp3) is 0.414. The number of benzene rings is 2. The molecule has 0 spiro atoms. The van der Waals surface area contributed by atoms with Crippen LogP contribution in [0.2, 0.25) is 0 Å². The van der Waals surface area contributed by atoms with Crippen LogP contribution in [0.5, 0.6) is 0 Å². The Morgan fingerprint density at radius 2 is 1.84 bits per heavy atom. The molecule has 7 nitrogen and oxygen atoms in total. The zero-order valence-electron chi connectivity index (χ0n) is 22.9. The number of hydrogen-bond acceptors (Lipinski definition) is 5. The molecule has 3 aromatic rings. The quantitative estimate of drug-likeness (QED) is 0.482. The number of halogens is 1. The summed E-state index contributed by atoms with van der Waals surface area (Å²) in [5.74, 6) is 0.0108. The monoisotopic (exact) mass is 537 g/mol. The molecule has 0 aliphatic carbocycles. The third kappa shape index (κ3) is 5.94. The van der Waals surface area contributed by atoms with E-state index in [1.165, 1.54) is 12.1 Å². The van der Waals surface area contributed by atoms with Crippen molar-refractivity contribution < 1.29 is 14.0 Å². The molecule has 202 valence electrons. The minimum atomic E-state index is -0.357. The molecule has 0 fully saturated rings. The van der Waals surface area contributed by atoms with Crippen LogP contribution in [0.25, 0.3) is 5.69 Å². The summed E-state index contributed by atoms with van der Waals surface area (Å²) in [6.45, 7) is 9.39. The minimum Gasteiger partial charge on any atom is -0.353 e. The molecule has 0 saturated heterocycles. The van der Waals surface area contributed by atoms with E-state index in [1.807, 2.05) is 31.1 Å². The normalized spacial score (nSPS) is 15.9. The van der Waals surface area contributed by atoms with E-state index in [2.05, 4.69) is 45.1 Å². The summed E-state index contributed by atoms with van der Waals surface area (Å²) in [5.41, 5.74) is 4.24. The van der Waals surface area contributed by atoms with Crippen molar-refractivity contribution in [2.75, 3.05) is 44.4 Å². The van der Waals surface area contributed by atoms with Crippen molar-refractivity contribution in [1.29, 1.82) is 0 Å². The Balaban J connectivity index is 1.93. The Bertz CT molecular complexity index is 1310. The van der Waals surface area contributed by atoms with Gasteiger partial charge in [-0.15, -0.1) is 11.8 Å². The average molecular weight is 538 g/mol. The number of rotatable bonds is 7. The Hall–Kier alpha value is -3.17. The Morgan fingerprint density at radius 3 is 2.47 bits per heavy atom. The van der Waals surface area contributed by atoms with Crippen molar-refractivity contribution in [2.24, 2.45) is 0 Å². The second-order valence-electron chi connectivity index (χ2n) is 10.9. The third-order valence-electron chi connectivity index (χ3n) is 6.52. The first kappa shape index (κ1) is 27.9. The van der Waals surface area contributed by atoms with Crippen LogP contribution in [0.1, 0.15) is 48.4 Å². The van der Waals surface area contributed by atoms with E-state index in [1.54, 1.807) is 33.5 Å². The molecular weight excluding hydrogens is 501 g/mol. The number of aryl methyl sites for hydroxylation is 1. The van der Waals surface area contributed by atoms with Crippen LogP contribution < -0.4 is 10.2 Å². The van der Waals surface area contributed by atoms with Gasteiger partial charge in [0.05, 0.1) is 22.4 Å². The summed E-state index contributed by atoms with van der Waals surface area (Å²) in [6, 6.07) is 14.2. The van der Waals surface area contributed by atoms with Gasteiger partial charge in [0.15, 0.2) is 0 Å². The lowest BCUT2D eigenvalue weighted by Crippen LogP contribution is -2.43. The van der Waals surface area contributed by atoms with Gasteiger partial charge in [-0.3, -0.25) is 14.5 Å². The third-order valence-corrected chi connectivity index (χ3v) is 7.76. The summed E-state index contributed by atoms with van der Waals surface area (Å²) in [6.07, 6.45) is 0.